The predicted octanol–water partition coefficient (Wildman–Crippen LogP) is 4.82. The molecule has 8 nitrogen and oxygen atoms in total. The van der Waals surface area contributed by atoms with Crippen molar-refractivity contribution in [1.29, 1.82) is 0 Å². The van der Waals surface area contributed by atoms with Crippen LogP contribution in [0.3, 0.4) is 0 Å². The Morgan fingerprint density at radius 2 is 1.59 bits per heavy atom. The van der Waals surface area contributed by atoms with Gasteiger partial charge in [0.25, 0.3) is 5.91 Å². The first-order valence-corrected chi connectivity index (χ1v) is 15.1. The molecular weight excluding hydrogens is 602 g/mol. The Labute approximate surface area is 232 Å². The van der Waals surface area contributed by atoms with E-state index in [0.717, 1.165) is 6.07 Å². The minimum Gasteiger partial charge on any atom is -0.338 e. The lowest BCUT2D eigenvalue weighted by atomic mass is 10.1. The molecular formula is C24H20Cl2F3N3O5S2. The van der Waals surface area contributed by atoms with Crippen molar-refractivity contribution >= 4 is 49.0 Å². The molecule has 3 aromatic rings. The molecule has 0 spiro atoms. The van der Waals surface area contributed by atoms with Gasteiger partial charge in [-0.05, 0) is 49.2 Å². The van der Waals surface area contributed by atoms with Crippen LogP contribution in [0.25, 0.3) is 0 Å². The van der Waals surface area contributed by atoms with Gasteiger partial charge in [0.2, 0.25) is 19.9 Å². The SMILES string of the molecule is O=C(c1cc(Cl)cnc1Cl)N1CCC(NS(=O)(=O)c2cc(S(=O)(=O)c3ccccc3)ccc2C(F)(F)F)CC1. The maximum Gasteiger partial charge on any atom is 0.417 e. The molecule has 1 aliphatic heterocycles. The molecule has 0 unspecified atom stereocenters. The third kappa shape index (κ3) is 6.38. The number of sulfone groups is 1. The normalized spacial score (nSPS) is 15.4. The van der Waals surface area contributed by atoms with Crippen molar-refractivity contribution in [3.63, 3.8) is 0 Å². The van der Waals surface area contributed by atoms with Gasteiger partial charge in [0.15, 0.2) is 0 Å². The molecule has 15 heteroatoms. The molecule has 1 amide bonds. The fourth-order valence-corrected chi connectivity index (χ4v) is 7.37. The van der Waals surface area contributed by atoms with E-state index in [0.29, 0.717) is 12.1 Å². The van der Waals surface area contributed by atoms with Gasteiger partial charge in [0, 0.05) is 25.3 Å². The number of pyridine rings is 1. The molecule has 4 rings (SSSR count). The average molecular weight is 622 g/mol. The van der Waals surface area contributed by atoms with E-state index in [1.807, 2.05) is 0 Å². The summed E-state index contributed by atoms with van der Waals surface area (Å²) < 4.78 is 95.8. The topological polar surface area (TPSA) is 114 Å². The standard InChI is InChI=1S/C24H20Cl2F3N3O5S2/c25-15-12-19(22(26)30-14-15)23(33)32-10-8-16(9-11-32)31-39(36,37)21-13-18(6-7-20(21)24(27,28)29)38(34,35)17-4-2-1-3-5-17/h1-7,12-14,16,31H,8-11H2. The molecule has 1 saturated heterocycles. The van der Waals surface area contributed by atoms with Gasteiger partial charge in [-0.25, -0.2) is 26.5 Å². The Bertz CT molecular complexity index is 1610. The van der Waals surface area contributed by atoms with Crippen molar-refractivity contribution in [3.8, 4) is 0 Å². The van der Waals surface area contributed by atoms with Crippen molar-refractivity contribution in [1.82, 2.24) is 14.6 Å². The lowest BCUT2D eigenvalue weighted by Crippen LogP contribution is -2.46. The molecule has 208 valence electrons. The van der Waals surface area contributed by atoms with Gasteiger partial charge < -0.3 is 4.90 Å². The van der Waals surface area contributed by atoms with Crippen molar-refractivity contribution < 1.29 is 34.8 Å². The van der Waals surface area contributed by atoms with E-state index in [4.69, 9.17) is 23.2 Å². The van der Waals surface area contributed by atoms with Gasteiger partial charge in [-0.3, -0.25) is 4.79 Å². The molecule has 0 atom stereocenters. The van der Waals surface area contributed by atoms with Crippen LogP contribution in [0.1, 0.15) is 28.8 Å². The number of carbonyl (C=O) groups is 1. The maximum absolute atomic E-state index is 13.8. The second-order valence-corrected chi connectivity index (χ2v) is 13.1. The van der Waals surface area contributed by atoms with Crippen molar-refractivity contribution in [2.75, 3.05) is 13.1 Å². The second kappa shape index (κ2) is 11.0. The summed E-state index contributed by atoms with van der Waals surface area (Å²) in [5, 5.41) is 0.139. The van der Waals surface area contributed by atoms with Crippen LogP contribution < -0.4 is 4.72 Å². The smallest absolute Gasteiger partial charge is 0.338 e. The zero-order valence-electron chi connectivity index (χ0n) is 19.8. The lowest BCUT2D eigenvalue weighted by Gasteiger charge is -2.32. The van der Waals surface area contributed by atoms with Gasteiger partial charge in [-0.1, -0.05) is 41.4 Å². The highest BCUT2D eigenvalue weighted by Gasteiger charge is 2.39. The Kier molecular flexibility index (Phi) is 8.29. The van der Waals surface area contributed by atoms with Crippen LogP contribution in [0.2, 0.25) is 10.2 Å². The van der Waals surface area contributed by atoms with Crippen LogP contribution in [-0.4, -0.2) is 51.8 Å². The number of nitrogens with one attached hydrogen (secondary N) is 1. The maximum atomic E-state index is 13.8. The van der Waals surface area contributed by atoms with Gasteiger partial charge in [0.05, 0.1) is 30.8 Å². The summed E-state index contributed by atoms with van der Waals surface area (Å²) in [4.78, 5) is 16.0. The summed E-state index contributed by atoms with van der Waals surface area (Å²) in [5.41, 5.74) is -1.44. The second-order valence-electron chi connectivity index (χ2n) is 8.65. The molecule has 0 aliphatic carbocycles. The number of nitrogens with zero attached hydrogens (tertiary/aromatic N) is 2. The summed E-state index contributed by atoms with van der Waals surface area (Å²) in [7, 11) is -9.12. The van der Waals surface area contributed by atoms with Crippen LogP contribution in [0.4, 0.5) is 13.2 Å². The first-order valence-electron chi connectivity index (χ1n) is 11.3. The number of amides is 1. The van der Waals surface area contributed by atoms with E-state index in [2.05, 4.69) is 9.71 Å². The number of sulfonamides is 1. The van der Waals surface area contributed by atoms with Crippen molar-refractivity contribution in [2.24, 2.45) is 0 Å². The highest BCUT2D eigenvalue weighted by molar-refractivity contribution is 7.91. The summed E-state index contributed by atoms with van der Waals surface area (Å²) in [6.07, 6.45) is -3.63. The Balaban J connectivity index is 1.57. The third-order valence-electron chi connectivity index (χ3n) is 6.05. The first-order chi connectivity index (χ1) is 18.2. The zero-order valence-corrected chi connectivity index (χ0v) is 23.0. The van der Waals surface area contributed by atoms with Gasteiger partial charge in [-0.15, -0.1) is 0 Å². The highest BCUT2D eigenvalue weighted by Crippen LogP contribution is 2.36. The minimum atomic E-state index is -5.07. The highest BCUT2D eigenvalue weighted by atomic mass is 35.5. The quantitative estimate of drug-likeness (QED) is 0.395. The summed E-state index contributed by atoms with van der Waals surface area (Å²) in [5.74, 6) is -0.477. The molecule has 0 saturated carbocycles. The van der Waals surface area contributed by atoms with Crippen LogP contribution in [0.5, 0.6) is 0 Å². The Hall–Kier alpha value is -2.71. The minimum absolute atomic E-state index is 0.0581. The van der Waals surface area contributed by atoms with Gasteiger partial charge >= 0.3 is 6.18 Å². The average Bonchev–Trinajstić information content (AvgIpc) is 2.89. The molecule has 0 radical (unpaired) electrons. The van der Waals surface area contributed by atoms with E-state index in [1.165, 1.54) is 41.4 Å². The number of benzene rings is 2. The Morgan fingerprint density at radius 1 is 0.949 bits per heavy atom. The number of hydrogen-bond donors (Lipinski definition) is 1. The fourth-order valence-electron chi connectivity index (χ4n) is 4.09. The summed E-state index contributed by atoms with van der Waals surface area (Å²) >= 11 is 11.9. The number of hydrogen-bond acceptors (Lipinski definition) is 6. The number of alkyl halides is 3. The van der Waals surface area contributed by atoms with Gasteiger partial charge in [0.1, 0.15) is 5.15 Å². The van der Waals surface area contributed by atoms with Gasteiger partial charge in [-0.2, -0.15) is 13.2 Å². The molecule has 39 heavy (non-hydrogen) atoms. The molecule has 0 bridgehead atoms. The van der Waals surface area contributed by atoms with Crippen LogP contribution >= 0.6 is 23.2 Å². The molecule has 2 heterocycles. The number of halogens is 5. The monoisotopic (exact) mass is 621 g/mol. The summed E-state index contributed by atoms with van der Waals surface area (Å²) in [6.45, 7) is 0.146. The molecule has 1 N–H and O–H groups in total. The van der Waals surface area contributed by atoms with Crippen molar-refractivity contribution in [3.05, 3.63) is 82.1 Å². The van der Waals surface area contributed by atoms with Crippen molar-refractivity contribution in [2.45, 2.75) is 39.7 Å². The molecule has 2 aromatic carbocycles. The predicted molar refractivity (Wildman–Crippen MR) is 137 cm³/mol. The first kappa shape index (κ1) is 29.3. The van der Waals surface area contributed by atoms with E-state index in [-0.39, 0.29) is 46.6 Å². The fraction of sp³-hybridized carbons (Fsp3) is 0.250. The van der Waals surface area contributed by atoms with Crippen LogP contribution in [-0.2, 0) is 26.0 Å². The van der Waals surface area contributed by atoms with E-state index >= 15 is 0 Å². The molecule has 1 aliphatic rings. The number of aromatic nitrogens is 1. The number of piperidine rings is 1. The third-order valence-corrected chi connectivity index (χ3v) is 9.89. The number of carbonyl (C=O) groups excluding carboxylic acids is 1. The lowest BCUT2D eigenvalue weighted by molar-refractivity contribution is -0.139. The zero-order chi connectivity index (χ0) is 28.6. The Morgan fingerprint density at radius 3 is 2.21 bits per heavy atom. The van der Waals surface area contributed by atoms with E-state index < -0.39 is 53.3 Å². The van der Waals surface area contributed by atoms with Crippen LogP contribution in [0.15, 0.2) is 75.5 Å². The molecule has 1 aromatic heterocycles. The van der Waals surface area contributed by atoms with E-state index in [9.17, 15) is 34.8 Å². The largest absolute Gasteiger partial charge is 0.417 e. The van der Waals surface area contributed by atoms with Crippen LogP contribution in [0, 0.1) is 0 Å². The summed E-state index contributed by atoms with van der Waals surface area (Å²) in [6, 6.07) is 9.14. The number of likely N-dealkylation sites (tertiary alicyclic amines) is 1. The molecule has 1 fully saturated rings. The van der Waals surface area contributed by atoms with E-state index in [1.54, 1.807) is 6.07 Å². The number of rotatable bonds is 6.